The van der Waals surface area contributed by atoms with Gasteiger partial charge in [0.05, 0.1) is 9.98 Å². The van der Waals surface area contributed by atoms with E-state index in [1.54, 1.807) is 12.3 Å². The number of rotatable bonds is 5. The number of aromatic nitrogens is 3. The molecule has 1 aliphatic carbocycles. The molecule has 2 aliphatic rings. The largest absolute Gasteiger partial charge is 0.421 e. The molecule has 3 heterocycles. The minimum absolute atomic E-state index is 0.0945. The molecule has 2 aromatic heterocycles. The molecule has 1 aliphatic heterocycles. The van der Waals surface area contributed by atoms with E-state index in [1.807, 2.05) is 25.1 Å². The summed E-state index contributed by atoms with van der Waals surface area (Å²) in [6.45, 7) is 5.55. The lowest BCUT2D eigenvalue weighted by Gasteiger charge is -2.33. The number of likely N-dealkylation sites (N-methyl/N-ethyl adjacent to an activating group) is 1. The molecule has 32 heavy (non-hydrogen) atoms. The summed E-state index contributed by atoms with van der Waals surface area (Å²) in [6.07, 6.45) is 4.36. The molecule has 7 nitrogen and oxygen atoms in total. The summed E-state index contributed by atoms with van der Waals surface area (Å²) in [5.74, 6) is 1.01. The van der Waals surface area contributed by atoms with Crippen molar-refractivity contribution in [2.24, 2.45) is 0 Å². The van der Waals surface area contributed by atoms with E-state index < -0.39 is 0 Å². The first-order valence-electron chi connectivity index (χ1n) is 10.3. The van der Waals surface area contributed by atoms with E-state index in [0.717, 1.165) is 53.3 Å². The van der Waals surface area contributed by atoms with Gasteiger partial charge in [0.2, 0.25) is 0 Å². The Bertz CT molecular complexity index is 1190. The van der Waals surface area contributed by atoms with Crippen LogP contribution < -0.4 is 15.0 Å². The van der Waals surface area contributed by atoms with Crippen LogP contribution in [0.1, 0.15) is 18.1 Å². The van der Waals surface area contributed by atoms with Crippen LogP contribution in [0.2, 0.25) is 0 Å². The van der Waals surface area contributed by atoms with Crippen molar-refractivity contribution in [1.29, 1.82) is 0 Å². The number of nitrogens with one attached hydrogen (secondary N) is 1. The number of ether oxygens (including phenoxy) is 1. The van der Waals surface area contributed by atoms with Crippen LogP contribution >= 0.6 is 27.3 Å². The van der Waals surface area contributed by atoms with Gasteiger partial charge in [-0.2, -0.15) is 9.97 Å². The van der Waals surface area contributed by atoms with E-state index >= 15 is 4.39 Å². The highest BCUT2D eigenvalue weighted by atomic mass is 79.9. The van der Waals surface area contributed by atoms with Crippen LogP contribution in [0.25, 0.3) is 6.08 Å². The summed E-state index contributed by atoms with van der Waals surface area (Å²) in [5.41, 5.74) is 2.68. The predicted molar refractivity (Wildman–Crippen MR) is 129 cm³/mol. The van der Waals surface area contributed by atoms with Crippen molar-refractivity contribution in [1.82, 2.24) is 19.9 Å². The Hall–Kier alpha value is -2.56. The zero-order valence-corrected chi connectivity index (χ0v) is 20.1. The van der Waals surface area contributed by atoms with E-state index in [-0.39, 0.29) is 17.6 Å². The maximum absolute atomic E-state index is 15.1. The maximum Gasteiger partial charge on any atom is 0.326 e. The van der Waals surface area contributed by atoms with Gasteiger partial charge in [-0.15, -0.1) is 0 Å². The minimum Gasteiger partial charge on any atom is -0.421 e. The van der Waals surface area contributed by atoms with Crippen molar-refractivity contribution in [3.05, 3.63) is 50.7 Å². The van der Waals surface area contributed by atoms with Crippen molar-refractivity contribution < 1.29 is 9.13 Å². The molecule has 1 saturated heterocycles. The van der Waals surface area contributed by atoms with Crippen LogP contribution in [0, 0.1) is 5.82 Å². The topological polar surface area (TPSA) is 66.4 Å². The van der Waals surface area contributed by atoms with Crippen LogP contribution in [-0.2, 0) is 6.42 Å². The number of hydrogen-bond acceptors (Lipinski definition) is 8. The van der Waals surface area contributed by atoms with E-state index in [1.165, 1.54) is 11.3 Å². The van der Waals surface area contributed by atoms with E-state index in [2.05, 4.69) is 53.0 Å². The van der Waals surface area contributed by atoms with E-state index in [4.69, 9.17) is 4.74 Å². The van der Waals surface area contributed by atoms with Gasteiger partial charge < -0.3 is 19.9 Å². The molecular formula is C22H22BrFN6OS. The summed E-state index contributed by atoms with van der Waals surface area (Å²) in [6, 6.07) is 5.52. The van der Waals surface area contributed by atoms with Crippen LogP contribution in [0.4, 0.5) is 21.2 Å². The highest BCUT2D eigenvalue weighted by Crippen LogP contribution is 2.35. The molecule has 1 aromatic carbocycles. The average Bonchev–Trinajstić information content (AvgIpc) is 3.35. The fourth-order valence-corrected chi connectivity index (χ4v) is 4.95. The van der Waals surface area contributed by atoms with Gasteiger partial charge in [-0.05, 0) is 48.0 Å². The molecule has 1 fully saturated rings. The Kier molecular flexibility index (Phi) is 5.83. The van der Waals surface area contributed by atoms with Crippen LogP contribution in [0.15, 0.2) is 33.8 Å². The maximum atomic E-state index is 15.1. The molecule has 3 aromatic rings. The molecule has 1 N–H and O–H groups in total. The SMILES string of the molecule is CC1=Cc2c(ccc(Oc3nc(Nc4ncc(Br)s4)cc(N4CCN(C)CC4)n3)c2F)C1. The highest BCUT2D eigenvalue weighted by molar-refractivity contribution is 9.11. The van der Waals surface area contributed by atoms with Crippen LogP contribution in [0.5, 0.6) is 11.8 Å². The molecule has 0 saturated carbocycles. The van der Waals surface area contributed by atoms with Crippen molar-refractivity contribution in [3.8, 4) is 11.8 Å². The Labute approximate surface area is 198 Å². The van der Waals surface area contributed by atoms with Gasteiger partial charge in [-0.25, -0.2) is 9.37 Å². The zero-order valence-electron chi connectivity index (χ0n) is 17.7. The second-order valence-corrected chi connectivity index (χ2v) is 10.4. The van der Waals surface area contributed by atoms with Gasteiger partial charge in [0.25, 0.3) is 0 Å². The first kappa shape index (κ1) is 21.3. The summed E-state index contributed by atoms with van der Waals surface area (Å²) in [4.78, 5) is 17.8. The number of allylic oxidation sites excluding steroid dienone is 1. The fraction of sp³-hybridized carbons (Fsp3) is 0.318. The quantitative estimate of drug-likeness (QED) is 0.506. The first-order chi connectivity index (χ1) is 15.4. The average molecular weight is 517 g/mol. The number of benzene rings is 1. The summed E-state index contributed by atoms with van der Waals surface area (Å²) in [7, 11) is 2.10. The molecule has 10 heteroatoms. The number of nitrogens with zero attached hydrogens (tertiary/aromatic N) is 5. The van der Waals surface area contributed by atoms with Crippen molar-refractivity contribution in [3.63, 3.8) is 0 Å². The highest BCUT2D eigenvalue weighted by Gasteiger charge is 2.21. The van der Waals surface area contributed by atoms with Gasteiger partial charge in [0.15, 0.2) is 16.7 Å². The standard InChI is InChI=1S/C22H22BrFN6OS/c1-13-9-14-3-4-16(20(24)15(14)10-13)31-21-26-18(27-22-25-12-17(23)32-22)11-19(28-21)30-7-5-29(2)6-8-30/h3-4,10-12H,5-9H2,1-2H3,(H,25,26,27,28). The first-order valence-corrected chi connectivity index (χ1v) is 11.9. The lowest BCUT2D eigenvalue weighted by atomic mass is 10.1. The number of hydrogen-bond donors (Lipinski definition) is 1. The number of anilines is 3. The second-order valence-electron chi connectivity index (χ2n) is 8.00. The second kappa shape index (κ2) is 8.76. The van der Waals surface area contributed by atoms with Gasteiger partial charge in [0.1, 0.15) is 11.6 Å². The summed E-state index contributed by atoms with van der Waals surface area (Å²) >= 11 is 4.88. The molecule has 5 rings (SSSR count). The molecule has 0 spiro atoms. The normalized spacial score (nSPS) is 16.1. The van der Waals surface area contributed by atoms with Crippen molar-refractivity contribution in [2.45, 2.75) is 13.3 Å². The Morgan fingerprint density at radius 3 is 2.75 bits per heavy atom. The van der Waals surface area contributed by atoms with Gasteiger partial charge in [0, 0.05) is 37.8 Å². The number of fused-ring (bicyclic) bond motifs is 1. The van der Waals surface area contributed by atoms with Crippen LogP contribution in [-0.4, -0.2) is 53.1 Å². The third-order valence-electron chi connectivity index (χ3n) is 5.53. The third kappa shape index (κ3) is 4.48. The van der Waals surface area contributed by atoms with Gasteiger partial charge in [-0.3, -0.25) is 0 Å². The smallest absolute Gasteiger partial charge is 0.326 e. The lowest BCUT2D eigenvalue weighted by molar-refractivity contribution is 0.311. The molecule has 0 atom stereocenters. The molecule has 0 unspecified atom stereocenters. The predicted octanol–water partition coefficient (Wildman–Crippen LogP) is 5.08. The number of thiazole rings is 1. The number of halogens is 2. The fourth-order valence-electron chi connectivity index (χ4n) is 3.84. The van der Waals surface area contributed by atoms with Gasteiger partial charge in [-0.1, -0.05) is 29.1 Å². The molecule has 0 radical (unpaired) electrons. The van der Waals surface area contributed by atoms with E-state index in [0.29, 0.717) is 16.5 Å². The minimum atomic E-state index is -0.383. The molecule has 166 valence electrons. The van der Waals surface area contributed by atoms with Crippen LogP contribution in [0.3, 0.4) is 0 Å². The van der Waals surface area contributed by atoms with Crippen molar-refractivity contribution in [2.75, 3.05) is 43.4 Å². The molecule has 0 bridgehead atoms. The molecular weight excluding hydrogens is 495 g/mol. The van der Waals surface area contributed by atoms with Gasteiger partial charge >= 0.3 is 6.01 Å². The van der Waals surface area contributed by atoms with E-state index in [9.17, 15) is 0 Å². The monoisotopic (exact) mass is 516 g/mol. The lowest BCUT2D eigenvalue weighted by Crippen LogP contribution is -2.44. The number of piperazine rings is 1. The Morgan fingerprint density at radius 1 is 1.19 bits per heavy atom. The van der Waals surface area contributed by atoms with Crippen molar-refractivity contribution >= 4 is 50.1 Å². The molecule has 0 amide bonds. The zero-order chi connectivity index (χ0) is 22.2. The summed E-state index contributed by atoms with van der Waals surface area (Å²) < 4.78 is 21.9. The summed E-state index contributed by atoms with van der Waals surface area (Å²) in [5, 5.41) is 3.90. The Morgan fingerprint density at radius 2 is 2.00 bits per heavy atom. The third-order valence-corrected chi connectivity index (χ3v) is 6.92. The Balaban J connectivity index is 1.47.